The molecule has 25 heavy (non-hydrogen) atoms. The molecule has 0 saturated heterocycles. The van der Waals surface area contributed by atoms with E-state index in [0.717, 1.165) is 16.8 Å². The fourth-order valence-electron chi connectivity index (χ4n) is 2.29. The van der Waals surface area contributed by atoms with Gasteiger partial charge in [-0.1, -0.05) is 30.3 Å². The summed E-state index contributed by atoms with van der Waals surface area (Å²) >= 11 is 0. The molecule has 0 aliphatic heterocycles. The van der Waals surface area contributed by atoms with E-state index < -0.39 is 0 Å². The Hall–Kier alpha value is -2.86. The molecule has 0 aromatic heterocycles. The SMILES string of the molecule is COCc1ccccc1NC(N)=NCc1ccc(C(=O)N(C)C)cc1. The van der Waals surface area contributed by atoms with Gasteiger partial charge in [-0.2, -0.15) is 0 Å². The summed E-state index contributed by atoms with van der Waals surface area (Å²) in [7, 11) is 5.11. The average molecular weight is 340 g/mol. The topological polar surface area (TPSA) is 80.0 Å². The Balaban J connectivity index is 2.00. The predicted molar refractivity (Wildman–Crippen MR) is 101 cm³/mol. The normalized spacial score (nSPS) is 11.2. The molecule has 0 heterocycles. The maximum Gasteiger partial charge on any atom is 0.253 e. The number of nitrogens with one attached hydrogen (secondary N) is 1. The smallest absolute Gasteiger partial charge is 0.253 e. The molecule has 2 aromatic rings. The van der Waals surface area contributed by atoms with Crippen molar-refractivity contribution in [3.8, 4) is 0 Å². The lowest BCUT2D eigenvalue weighted by atomic mass is 10.1. The molecule has 0 aliphatic carbocycles. The van der Waals surface area contributed by atoms with Gasteiger partial charge in [0, 0.05) is 38.0 Å². The van der Waals surface area contributed by atoms with Crippen LogP contribution < -0.4 is 11.1 Å². The zero-order valence-corrected chi connectivity index (χ0v) is 14.8. The van der Waals surface area contributed by atoms with Gasteiger partial charge in [0.25, 0.3) is 5.91 Å². The molecule has 1 amide bonds. The molecule has 0 saturated carbocycles. The van der Waals surface area contributed by atoms with Crippen molar-refractivity contribution in [3.05, 3.63) is 65.2 Å². The summed E-state index contributed by atoms with van der Waals surface area (Å²) in [6.45, 7) is 0.930. The number of methoxy groups -OCH3 is 1. The average Bonchev–Trinajstić information content (AvgIpc) is 2.61. The Bertz CT molecular complexity index is 739. The van der Waals surface area contributed by atoms with Crippen molar-refractivity contribution in [2.45, 2.75) is 13.2 Å². The van der Waals surface area contributed by atoms with Gasteiger partial charge in [-0.05, 0) is 23.8 Å². The van der Waals surface area contributed by atoms with Crippen LogP contribution in [0.3, 0.4) is 0 Å². The maximum atomic E-state index is 11.9. The van der Waals surface area contributed by atoms with Crippen LogP contribution in [-0.2, 0) is 17.9 Å². The van der Waals surface area contributed by atoms with Gasteiger partial charge in [0.05, 0.1) is 13.2 Å². The minimum atomic E-state index is -0.0222. The van der Waals surface area contributed by atoms with Gasteiger partial charge in [-0.3, -0.25) is 4.79 Å². The molecule has 0 spiro atoms. The van der Waals surface area contributed by atoms with Crippen LogP contribution in [0.25, 0.3) is 0 Å². The van der Waals surface area contributed by atoms with Crippen LogP contribution in [0, 0.1) is 0 Å². The molecule has 0 fully saturated rings. The van der Waals surface area contributed by atoms with Gasteiger partial charge in [0.2, 0.25) is 0 Å². The molecule has 0 aliphatic rings. The lowest BCUT2D eigenvalue weighted by molar-refractivity contribution is 0.0827. The van der Waals surface area contributed by atoms with E-state index in [2.05, 4.69) is 10.3 Å². The third-order valence-electron chi connectivity index (χ3n) is 3.62. The number of benzene rings is 2. The van der Waals surface area contributed by atoms with E-state index in [4.69, 9.17) is 10.5 Å². The number of amides is 1. The molecule has 0 radical (unpaired) electrons. The largest absolute Gasteiger partial charge is 0.380 e. The standard InChI is InChI=1S/C19H24N4O2/c1-23(2)18(24)15-10-8-14(9-11-15)12-21-19(20)22-17-7-5-4-6-16(17)13-25-3/h4-11H,12-13H2,1-3H3,(H3,20,21,22). The Kier molecular flexibility index (Phi) is 6.54. The first kappa shape index (κ1) is 18.5. The summed E-state index contributed by atoms with van der Waals surface area (Å²) in [5, 5.41) is 3.10. The first-order chi connectivity index (χ1) is 12.0. The van der Waals surface area contributed by atoms with Gasteiger partial charge in [0.1, 0.15) is 0 Å². The van der Waals surface area contributed by atoms with Gasteiger partial charge in [-0.25, -0.2) is 4.99 Å². The quantitative estimate of drug-likeness (QED) is 0.625. The van der Waals surface area contributed by atoms with Gasteiger partial charge in [0.15, 0.2) is 5.96 Å². The van der Waals surface area contributed by atoms with Crippen LogP contribution in [0.15, 0.2) is 53.5 Å². The molecule has 132 valence electrons. The van der Waals surface area contributed by atoms with Crippen LogP contribution in [0.5, 0.6) is 0 Å². The van der Waals surface area contributed by atoms with Gasteiger partial charge < -0.3 is 20.7 Å². The number of hydrogen-bond donors (Lipinski definition) is 2. The molecule has 0 bridgehead atoms. The number of guanidine groups is 1. The molecular formula is C19H24N4O2. The number of carbonyl (C=O) groups is 1. The number of nitrogens with zero attached hydrogens (tertiary/aromatic N) is 2. The second-order valence-electron chi connectivity index (χ2n) is 5.81. The summed E-state index contributed by atoms with van der Waals surface area (Å²) in [5.41, 5.74) is 9.48. The number of rotatable bonds is 6. The highest BCUT2D eigenvalue weighted by Gasteiger charge is 2.07. The highest BCUT2D eigenvalue weighted by atomic mass is 16.5. The van der Waals surface area contributed by atoms with E-state index in [1.807, 2.05) is 36.4 Å². The Morgan fingerprint density at radius 2 is 1.84 bits per heavy atom. The summed E-state index contributed by atoms with van der Waals surface area (Å²) in [5.74, 6) is 0.308. The number of carbonyl (C=O) groups excluding carboxylic acids is 1. The molecule has 0 atom stereocenters. The van der Waals surface area contributed by atoms with Crippen LogP contribution in [0.1, 0.15) is 21.5 Å². The monoisotopic (exact) mass is 340 g/mol. The summed E-state index contributed by atoms with van der Waals surface area (Å²) in [4.78, 5) is 17.8. The predicted octanol–water partition coefficient (Wildman–Crippen LogP) is 2.46. The molecule has 0 unspecified atom stereocenters. The molecule has 2 rings (SSSR count). The number of para-hydroxylation sites is 1. The van der Waals surface area contributed by atoms with E-state index in [9.17, 15) is 4.79 Å². The molecular weight excluding hydrogens is 316 g/mol. The summed E-state index contributed by atoms with van der Waals surface area (Å²) in [6.07, 6.45) is 0. The number of nitrogens with two attached hydrogens (primary N) is 1. The summed E-state index contributed by atoms with van der Waals surface area (Å²) < 4.78 is 5.18. The lowest BCUT2D eigenvalue weighted by Crippen LogP contribution is -2.23. The second-order valence-corrected chi connectivity index (χ2v) is 5.81. The maximum absolute atomic E-state index is 11.9. The Labute approximate surface area is 148 Å². The number of aliphatic imine (C=N–C) groups is 1. The fraction of sp³-hybridized carbons (Fsp3) is 0.263. The van der Waals surface area contributed by atoms with Crippen molar-refractivity contribution in [3.63, 3.8) is 0 Å². The lowest BCUT2D eigenvalue weighted by Gasteiger charge is -2.11. The number of ether oxygens (including phenoxy) is 1. The molecule has 2 aromatic carbocycles. The minimum absolute atomic E-state index is 0.0222. The van der Waals surface area contributed by atoms with Crippen molar-refractivity contribution in [2.75, 3.05) is 26.5 Å². The number of hydrogen-bond acceptors (Lipinski definition) is 3. The van der Waals surface area contributed by atoms with Crippen LogP contribution in [0.4, 0.5) is 5.69 Å². The number of anilines is 1. The van der Waals surface area contributed by atoms with Crippen molar-refractivity contribution < 1.29 is 9.53 Å². The first-order valence-electron chi connectivity index (χ1n) is 7.95. The zero-order valence-electron chi connectivity index (χ0n) is 14.8. The van der Waals surface area contributed by atoms with E-state index in [0.29, 0.717) is 24.7 Å². The Morgan fingerprint density at radius 1 is 1.16 bits per heavy atom. The van der Waals surface area contributed by atoms with Crippen LogP contribution in [-0.4, -0.2) is 38.0 Å². The van der Waals surface area contributed by atoms with Crippen LogP contribution in [0.2, 0.25) is 0 Å². The highest BCUT2D eigenvalue weighted by Crippen LogP contribution is 2.15. The van der Waals surface area contributed by atoms with E-state index in [-0.39, 0.29) is 5.91 Å². The van der Waals surface area contributed by atoms with Crippen molar-refractivity contribution in [1.82, 2.24) is 4.90 Å². The first-order valence-corrected chi connectivity index (χ1v) is 7.95. The van der Waals surface area contributed by atoms with E-state index >= 15 is 0 Å². The van der Waals surface area contributed by atoms with Crippen molar-refractivity contribution >= 4 is 17.6 Å². The Morgan fingerprint density at radius 3 is 2.48 bits per heavy atom. The second kappa shape index (κ2) is 8.84. The molecule has 3 N–H and O–H groups in total. The van der Waals surface area contributed by atoms with Gasteiger partial charge >= 0.3 is 0 Å². The third-order valence-corrected chi connectivity index (χ3v) is 3.62. The minimum Gasteiger partial charge on any atom is -0.380 e. The van der Waals surface area contributed by atoms with Gasteiger partial charge in [-0.15, -0.1) is 0 Å². The van der Waals surface area contributed by atoms with Crippen molar-refractivity contribution in [1.29, 1.82) is 0 Å². The zero-order chi connectivity index (χ0) is 18.2. The molecule has 6 heteroatoms. The van der Waals surface area contributed by atoms with Crippen LogP contribution >= 0.6 is 0 Å². The third kappa shape index (κ3) is 5.32. The van der Waals surface area contributed by atoms with E-state index in [1.165, 1.54) is 0 Å². The highest BCUT2D eigenvalue weighted by molar-refractivity contribution is 5.94. The van der Waals surface area contributed by atoms with E-state index in [1.54, 1.807) is 38.2 Å². The fourth-order valence-corrected chi connectivity index (χ4v) is 2.29. The van der Waals surface area contributed by atoms with Crippen molar-refractivity contribution in [2.24, 2.45) is 10.7 Å². The summed E-state index contributed by atoms with van der Waals surface area (Å²) in [6, 6.07) is 15.1. The molecule has 6 nitrogen and oxygen atoms in total.